The molecule has 0 atom stereocenters. The fraction of sp³-hybridized carbons (Fsp3) is 0. The SMILES string of the molecule is c1ccc(-c2cccc(-c3cc(-c4cccc(-c5ccccc5)c4)c4nc(-c5ccc(-c6nc(-c7ccccc7)nc(-c7ccccc7)n6)cc5)nc(-c5ccc(-c6nc(-c7ccccc7)nc(-c7ccccc7)n6)cc5)c4c3)c2)cc1. The van der Waals surface area contributed by atoms with Crippen LogP contribution in [0, 0.1) is 0 Å². The van der Waals surface area contributed by atoms with Gasteiger partial charge in [-0.15, -0.1) is 0 Å². The molecule has 0 saturated carbocycles. The first kappa shape index (κ1) is 49.1. The Kier molecular flexibility index (Phi) is 13.1. The van der Waals surface area contributed by atoms with Gasteiger partial charge in [0.05, 0.1) is 11.2 Å². The van der Waals surface area contributed by atoms with Crippen molar-refractivity contribution in [3.05, 3.63) is 291 Å². The third-order valence-electron chi connectivity index (χ3n) is 14.6. The molecule has 0 radical (unpaired) electrons. The van der Waals surface area contributed by atoms with E-state index in [2.05, 4.69) is 158 Å². The molecular formula is C74H48N8. The summed E-state index contributed by atoms with van der Waals surface area (Å²) in [6.45, 7) is 0. The first-order valence-corrected chi connectivity index (χ1v) is 27.2. The molecule has 8 heteroatoms. The maximum Gasteiger partial charge on any atom is 0.164 e. The molecule has 82 heavy (non-hydrogen) atoms. The summed E-state index contributed by atoms with van der Waals surface area (Å²) in [4.78, 5) is 41.2. The van der Waals surface area contributed by atoms with Crippen molar-refractivity contribution in [3.63, 3.8) is 0 Å². The van der Waals surface area contributed by atoms with Gasteiger partial charge in [0.2, 0.25) is 0 Å². The summed E-state index contributed by atoms with van der Waals surface area (Å²) in [5.74, 6) is 4.10. The van der Waals surface area contributed by atoms with Crippen LogP contribution in [0.1, 0.15) is 0 Å². The van der Waals surface area contributed by atoms with Crippen molar-refractivity contribution in [2.75, 3.05) is 0 Å². The van der Waals surface area contributed by atoms with Gasteiger partial charge in [-0.05, 0) is 63.2 Å². The molecule has 0 unspecified atom stereocenters. The molecule has 0 fully saturated rings. The molecule has 0 saturated heterocycles. The summed E-state index contributed by atoms with van der Waals surface area (Å²) in [6, 6.07) is 99.8. The Hall–Kier alpha value is -11.2. The lowest BCUT2D eigenvalue weighted by Gasteiger charge is -2.17. The molecule has 11 aromatic carbocycles. The molecule has 0 aliphatic heterocycles. The Labute approximate surface area is 475 Å². The summed E-state index contributed by atoms with van der Waals surface area (Å²) < 4.78 is 0. The predicted octanol–water partition coefficient (Wildman–Crippen LogP) is 18.0. The summed E-state index contributed by atoms with van der Waals surface area (Å²) in [7, 11) is 0. The fourth-order valence-electron chi connectivity index (χ4n) is 10.4. The molecule has 0 aliphatic carbocycles. The van der Waals surface area contributed by atoms with E-state index in [9.17, 15) is 0 Å². The molecule has 8 nitrogen and oxygen atoms in total. The second kappa shape index (κ2) is 21.9. The minimum atomic E-state index is 0.564. The van der Waals surface area contributed by atoms with Gasteiger partial charge in [0.25, 0.3) is 0 Å². The molecule has 0 bridgehead atoms. The van der Waals surface area contributed by atoms with Gasteiger partial charge in [-0.1, -0.05) is 267 Å². The lowest BCUT2D eigenvalue weighted by molar-refractivity contribution is 1.07. The first-order chi connectivity index (χ1) is 40.6. The van der Waals surface area contributed by atoms with Crippen molar-refractivity contribution in [2.45, 2.75) is 0 Å². The maximum atomic E-state index is 5.58. The zero-order chi connectivity index (χ0) is 54.6. The van der Waals surface area contributed by atoms with E-state index in [0.29, 0.717) is 40.8 Å². The van der Waals surface area contributed by atoms with Crippen molar-refractivity contribution in [2.24, 2.45) is 0 Å². The smallest absolute Gasteiger partial charge is 0.164 e. The molecule has 0 aliphatic rings. The molecule has 14 rings (SSSR count). The average Bonchev–Trinajstić information content (AvgIpc) is 3.67. The Balaban J connectivity index is 0.957. The van der Waals surface area contributed by atoms with E-state index in [0.717, 1.165) is 106 Å². The highest BCUT2D eigenvalue weighted by atomic mass is 15.0. The predicted molar refractivity (Wildman–Crippen MR) is 332 cm³/mol. The quantitative estimate of drug-likeness (QED) is 0.119. The van der Waals surface area contributed by atoms with Crippen LogP contribution in [-0.2, 0) is 0 Å². The standard InChI is InChI=1S/C74H48N8/c1-7-21-49(22-8-1)59-33-19-35-61(45-59)63-47-64(62-36-20-34-60(46-62)50-23-9-2-10-24-50)67-65(48-63)66(51-37-39-57(40-38-51)73-79-69(52-25-11-3-12-26-52)77-70(80-73)53-27-13-4-14-28-53)75-68(76-67)56-41-43-58(44-42-56)74-81-71(54-29-15-5-16-30-54)78-72(82-74)55-31-17-6-18-32-55/h1-48H. The number of nitrogens with zero attached hydrogens (tertiary/aromatic N) is 8. The van der Waals surface area contributed by atoms with Gasteiger partial charge >= 0.3 is 0 Å². The highest BCUT2D eigenvalue weighted by molar-refractivity contribution is 6.05. The van der Waals surface area contributed by atoms with Crippen molar-refractivity contribution in [1.82, 2.24) is 39.9 Å². The molecule has 3 aromatic heterocycles. The van der Waals surface area contributed by atoms with E-state index >= 15 is 0 Å². The number of rotatable bonds is 12. The maximum absolute atomic E-state index is 5.58. The van der Waals surface area contributed by atoms with E-state index < -0.39 is 0 Å². The molecule has 384 valence electrons. The third kappa shape index (κ3) is 10.1. The van der Waals surface area contributed by atoms with E-state index in [4.69, 9.17) is 39.9 Å². The lowest BCUT2D eigenvalue weighted by atomic mass is 9.91. The summed E-state index contributed by atoms with van der Waals surface area (Å²) >= 11 is 0. The van der Waals surface area contributed by atoms with Crippen LogP contribution >= 0.6 is 0 Å². The van der Waals surface area contributed by atoms with E-state index in [1.165, 1.54) is 0 Å². The van der Waals surface area contributed by atoms with Gasteiger partial charge in [-0.3, -0.25) is 0 Å². The Bertz CT molecular complexity index is 4450. The van der Waals surface area contributed by atoms with Gasteiger partial charge in [0.1, 0.15) is 0 Å². The molecule has 0 spiro atoms. The molecule has 0 amide bonds. The van der Waals surface area contributed by atoms with Crippen LogP contribution in [0.3, 0.4) is 0 Å². The topological polar surface area (TPSA) is 103 Å². The minimum Gasteiger partial charge on any atom is -0.227 e. The third-order valence-corrected chi connectivity index (χ3v) is 14.6. The number of benzene rings is 11. The van der Waals surface area contributed by atoms with Gasteiger partial charge in [0, 0.05) is 55.5 Å². The molecule has 14 aromatic rings. The number of aromatic nitrogens is 8. The van der Waals surface area contributed by atoms with E-state index in [-0.39, 0.29) is 0 Å². The molecule has 3 heterocycles. The Morgan fingerprint density at radius 3 is 0.793 bits per heavy atom. The Morgan fingerprint density at radius 1 is 0.159 bits per heavy atom. The van der Waals surface area contributed by atoms with Gasteiger partial charge in [-0.25, -0.2) is 39.9 Å². The summed E-state index contributed by atoms with van der Waals surface area (Å²) in [5.41, 5.74) is 17.3. The van der Waals surface area contributed by atoms with Crippen molar-refractivity contribution in [1.29, 1.82) is 0 Å². The molecule has 0 N–H and O–H groups in total. The zero-order valence-corrected chi connectivity index (χ0v) is 44.3. The van der Waals surface area contributed by atoms with Crippen LogP contribution < -0.4 is 0 Å². The van der Waals surface area contributed by atoms with Crippen LogP contribution in [0.15, 0.2) is 291 Å². The second-order valence-corrected chi connectivity index (χ2v) is 19.9. The number of hydrogen-bond donors (Lipinski definition) is 0. The largest absolute Gasteiger partial charge is 0.227 e. The number of fused-ring (bicyclic) bond motifs is 1. The highest BCUT2D eigenvalue weighted by Gasteiger charge is 2.21. The van der Waals surface area contributed by atoms with Crippen molar-refractivity contribution < 1.29 is 0 Å². The highest BCUT2D eigenvalue weighted by Crippen LogP contribution is 2.41. The minimum absolute atomic E-state index is 0.564. The average molecular weight is 1050 g/mol. The number of hydrogen-bond acceptors (Lipinski definition) is 8. The first-order valence-electron chi connectivity index (χ1n) is 27.2. The summed E-state index contributed by atoms with van der Waals surface area (Å²) in [6.07, 6.45) is 0. The van der Waals surface area contributed by atoms with Crippen LogP contribution in [0.4, 0.5) is 0 Å². The van der Waals surface area contributed by atoms with E-state index in [1.807, 2.05) is 133 Å². The zero-order valence-electron chi connectivity index (χ0n) is 44.3. The molecular weight excluding hydrogens is 1000 g/mol. The second-order valence-electron chi connectivity index (χ2n) is 19.9. The lowest BCUT2D eigenvalue weighted by Crippen LogP contribution is -2.01. The van der Waals surface area contributed by atoms with Crippen molar-refractivity contribution in [3.8, 4) is 135 Å². The van der Waals surface area contributed by atoms with Crippen LogP contribution in [0.2, 0.25) is 0 Å². The van der Waals surface area contributed by atoms with Crippen LogP contribution in [0.5, 0.6) is 0 Å². The normalized spacial score (nSPS) is 11.2. The fourth-order valence-corrected chi connectivity index (χ4v) is 10.4. The van der Waals surface area contributed by atoms with Crippen LogP contribution in [-0.4, -0.2) is 39.9 Å². The summed E-state index contributed by atoms with van der Waals surface area (Å²) in [5, 5.41) is 0.904. The van der Waals surface area contributed by atoms with Gasteiger partial charge in [0.15, 0.2) is 40.8 Å². The van der Waals surface area contributed by atoms with Gasteiger partial charge in [-0.2, -0.15) is 0 Å². The van der Waals surface area contributed by atoms with E-state index in [1.54, 1.807) is 0 Å². The van der Waals surface area contributed by atoms with Gasteiger partial charge < -0.3 is 0 Å². The monoisotopic (exact) mass is 1050 g/mol. The Morgan fingerprint density at radius 2 is 0.427 bits per heavy atom. The van der Waals surface area contributed by atoms with Crippen LogP contribution in [0.25, 0.3) is 146 Å². The van der Waals surface area contributed by atoms with Crippen molar-refractivity contribution >= 4 is 10.9 Å².